The molecule has 1 spiro atoms. The molecule has 3 rings (SSSR count). The average Bonchev–Trinajstić information content (AvgIpc) is 2.29. The fraction of sp³-hybridized carbons (Fsp3) is 0.308. The van der Waals surface area contributed by atoms with Crippen LogP contribution in [0.15, 0.2) is 18.2 Å². The maximum Gasteiger partial charge on any atom is 0.335 e. The van der Waals surface area contributed by atoms with E-state index >= 15 is 0 Å². The lowest BCUT2D eigenvalue weighted by molar-refractivity contribution is -0.148. The quantitative estimate of drug-likeness (QED) is 0.593. The van der Waals surface area contributed by atoms with E-state index in [0.717, 1.165) is 11.3 Å². The number of imide groups is 2. The Morgan fingerprint density at radius 2 is 1.95 bits per heavy atom. The number of amides is 4. The van der Waals surface area contributed by atoms with Crippen LogP contribution >= 0.6 is 22.6 Å². The normalized spacial score (nSPS) is 20.9. The monoisotopic (exact) mass is 388 g/mol. The van der Waals surface area contributed by atoms with Crippen molar-refractivity contribution in [2.75, 3.05) is 4.90 Å². The van der Waals surface area contributed by atoms with Crippen molar-refractivity contribution in [2.45, 2.75) is 19.3 Å². The smallest absolute Gasteiger partial charge is 0.276 e. The van der Waals surface area contributed by atoms with E-state index in [0.29, 0.717) is 22.1 Å². The van der Waals surface area contributed by atoms with Gasteiger partial charge in [0.05, 0.1) is 5.69 Å². The van der Waals surface area contributed by atoms with Gasteiger partial charge in [-0.2, -0.15) is 0 Å². The topological polar surface area (TPSA) is 66.5 Å². The lowest BCUT2D eigenvalue weighted by Crippen LogP contribution is -2.66. The zero-order chi connectivity index (χ0) is 14.5. The molecule has 0 bridgehead atoms. The minimum absolute atomic E-state index is 0.299. The summed E-state index contributed by atoms with van der Waals surface area (Å²) in [6, 6.07) is 3.01. The number of nitrogens with one attached hydrogen (secondary N) is 1. The largest absolute Gasteiger partial charge is 0.335 e. The Hall–Kier alpha value is -1.51. The fourth-order valence-corrected chi connectivity index (χ4v) is 3.25. The molecule has 1 aliphatic heterocycles. The molecule has 1 aromatic rings. The van der Waals surface area contributed by atoms with Crippen LogP contribution in [-0.4, -0.2) is 17.8 Å². The molecule has 7 heteroatoms. The highest BCUT2D eigenvalue weighted by Gasteiger charge is 2.57. The molecular formula is C13H10FIN2O3. The molecule has 20 heavy (non-hydrogen) atoms. The number of barbiturate groups is 1. The first-order chi connectivity index (χ1) is 9.45. The van der Waals surface area contributed by atoms with Crippen molar-refractivity contribution in [2.24, 2.45) is 5.41 Å². The molecule has 2 fully saturated rings. The van der Waals surface area contributed by atoms with Gasteiger partial charge in [-0.1, -0.05) is 6.42 Å². The van der Waals surface area contributed by atoms with Gasteiger partial charge in [-0.25, -0.2) is 14.1 Å². The average molecular weight is 388 g/mol. The molecule has 104 valence electrons. The highest BCUT2D eigenvalue weighted by molar-refractivity contribution is 14.1. The maximum atomic E-state index is 13.1. The van der Waals surface area contributed by atoms with E-state index in [4.69, 9.17) is 0 Å². The summed E-state index contributed by atoms with van der Waals surface area (Å²) >= 11 is 1.86. The molecule has 1 saturated carbocycles. The van der Waals surface area contributed by atoms with E-state index < -0.39 is 29.1 Å². The molecule has 1 N–H and O–H groups in total. The van der Waals surface area contributed by atoms with E-state index in [1.165, 1.54) is 18.2 Å². The molecular weight excluding hydrogens is 378 g/mol. The molecule has 4 amide bonds. The highest BCUT2D eigenvalue weighted by Crippen LogP contribution is 2.45. The van der Waals surface area contributed by atoms with Crippen molar-refractivity contribution >= 4 is 46.1 Å². The summed E-state index contributed by atoms with van der Waals surface area (Å²) in [7, 11) is 0. The third-order valence-corrected chi connectivity index (χ3v) is 4.69. The number of rotatable bonds is 1. The van der Waals surface area contributed by atoms with Gasteiger partial charge in [0.2, 0.25) is 5.91 Å². The Bertz CT molecular complexity index is 643. The summed E-state index contributed by atoms with van der Waals surface area (Å²) in [5.41, 5.74) is -0.820. The summed E-state index contributed by atoms with van der Waals surface area (Å²) in [6.45, 7) is 0. The minimum atomic E-state index is -1.12. The van der Waals surface area contributed by atoms with Crippen molar-refractivity contribution < 1.29 is 18.8 Å². The van der Waals surface area contributed by atoms with Crippen LogP contribution in [0.25, 0.3) is 0 Å². The van der Waals surface area contributed by atoms with Crippen molar-refractivity contribution in [1.82, 2.24) is 5.32 Å². The number of halogens is 2. The van der Waals surface area contributed by atoms with Gasteiger partial charge >= 0.3 is 6.03 Å². The van der Waals surface area contributed by atoms with Crippen molar-refractivity contribution in [1.29, 1.82) is 0 Å². The molecule has 1 heterocycles. The number of carbonyl (C=O) groups excluding carboxylic acids is 3. The van der Waals surface area contributed by atoms with E-state index in [9.17, 15) is 18.8 Å². The molecule has 0 radical (unpaired) electrons. The first-order valence-corrected chi connectivity index (χ1v) is 7.19. The molecule has 1 aromatic carbocycles. The maximum absolute atomic E-state index is 13.1. The molecule has 5 nitrogen and oxygen atoms in total. The number of nitrogens with zero attached hydrogens (tertiary/aromatic N) is 1. The number of urea groups is 1. The Morgan fingerprint density at radius 1 is 1.25 bits per heavy atom. The second-order valence-corrected chi connectivity index (χ2v) is 6.09. The molecule has 2 aliphatic rings. The van der Waals surface area contributed by atoms with E-state index in [2.05, 4.69) is 5.32 Å². The van der Waals surface area contributed by atoms with E-state index in [1.807, 2.05) is 22.6 Å². The van der Waals surface area contributed by atoms with Crippen LogP contribution in [0.4, 0.5) is 14.9 Å². The summed E-state index contributed by atoms with van der Waals surface area (Å²) in [4.78, 5) is 37.3. The van der Waals surface area contributed by atoms with Crippen LogP contribution in [0.1, 0.15) is 19.3 Å². The second-order valence-electron chi connectivity index (χ2n) is 4.93. The van der Waals surface area contributed by atoms with Crippen LogP contribution < -0.4 is 10.2 Å². The standard InChI is InChI=1S/C13H10FIN2O3/c14-7-2-3-9(8(15)6-7)17-11(19)13(4-1-5-13)10(18)16-12(17)20/h2-3,6H,1,4-5H2,(H,16,18,20). The van der Waals surface area contributed by atoms with Crippen molar-refractivity contribution in [3.63, 3.8) is 0 Å². The number of carbonyl (C=O) groups is 3. The number of benzene rings is 1. The fourth-order valence-electron chi connectivity index (χ4n) is 2.53. The minimum Gasteiger partial charge on any atom is -0.276 e. The Kier molecular flexibility index (Phi) is 3.03. The Balaban J connectivity index is 2.05. The van der Waals surface area contributed by atoms with E-state index in [-0.39, 0.29) is 0 Å². The summed E-state index contributed by atoms with van der Waals surface area (Å²) in [6.07, 6.45) is 1.67. The summed E-state index contributed by atoms with van der Waals surface area (Å²) in [5.74, 6) is -1.48. The van der Waals surface area contributed by atoms with Crippen LogP contribution in [0.5, 0.6) is 0 Å². The molecule has 0 unspecified atom stereocenters. The highest BCUT2D eigenvalue weighted by atomic mass is 127. The zero-order valence-corrected chi connectivity index (χ0v) is 12.4. The van der Waals surface area contributed by atoms with Gasteiger partial charge in [-0.15, -0.1) is 0 Å². The van der Waals surface area contributed by atoms with E-state index in [1.54, 1.807) is 0 Å². The van der Waals surface area contributed by atoms with Gasteiger partial charge in [0.15, 0.2) is 0 Å². The lowest BCUT2D eigenvalue weighted by Gasteiger charge is -2.44. The first-order valence-electron chi connectivity index (χ1n) is 6.11. The predicted molar refractivity (Wildman–Crippen MR) is 76.4 cm³/mol. The molecule has 0 aromatic heterocycles. The first kappa shape index (κ1) is 13.5. The van der Waals surface area contributed by atoms with Crippen molar-refractivity contribution in [3.05, 3.63) is 27.6 Å². The van der Waals surface area contributed by atoms with Gasteiger partial charge in [0.25, 0.3) is 5.91 Å². The predicted octanol–water partition coefficient (Wildman–Crippen LogP) is 2.18. The van der Waals surface area contributed by atoms with Crippen LogP contribution in [0.3, 0.4) is 0 Å². The lowest BCUT2D eigenvalue weighted by atomic mass is 9.66. The number of anilines is 1. The summed E-state index contributed by atoms with van der Waals surface area (Å²) < 4.78 is 13.6. The van der Waals surface area contributed by atoms with Gasteiger partial charge in [0, 0.05) is 3.57 Å². The van der Waals surface area contributed by atoms with Crippen LogP contribution in [0, 0.1) is 14.8 Å². The molecule has 0 atom stereocenters. The zero-order valence-electron chi connectivity index (χ0n) is 10.3. The summed E-state index contributed by atoms with van der Waals surface area (Å²) in [5, 5.41) is 2.22. The number of hydrogen-bond donors (Lipinski definition) is 1. The molecule has 1 saturated heterocycles. The second kappa shape index (κ2) is 4.51. The van der Waals surface area contributed by atoms with Crippen LogP contribution in [0.2, 0.25) is 0 Å². The van der Waals surface area contributed by atoms with Gasteiger partial charge in [-0.05, 0) is 53.6 Å². The van der Waals surface area contributed by atoms with Crippen LogP contribution in [-0.2, 0) is 9.59 Å². The number of hydrogen-bond acceptors (Lipinski definition) is 3. The Morgan fingerprint density at radius 3 is 2.50 bits per heavy atom. The van der Waals surface area contributed by atoms with Gasteiger partial charge in [0.1, 0.15) is 11.2 Å². The Labute approximate surface area is 127 Å². The van der Waals surface area contributed by atoms with Gasteiger partial charge < -0.3 is 0 Å². The van der Waals surface area contributed by atoms with Crippen molar-refractivity contribution in [3.8, 4) is 0 Å². The van der Waals surface area contributed by atoms with Gasteiger partial charge in [-0.3, -0.25) is 14.9 Å². The third kappa shape index (κ3) is 1.75. The SMILES string of the molecule is O=C1NC(=O)C2(CCC2)C(=O)N1c1ccc(F)cc1I. The molecule has 1 aliphatic carbocycles. The third-order valence-electron chi connectivity index (χ3n) is 3.83.